The summed E-state index contributed by atoms with van der Waals surface area (Å²) in [5, 5.41) is 3.43. The number of hydrogen-bond donors (Lipinski definition) is 1. The first-order chi connectivity index (χ1) is 10.1. The highest BCUT2D eigenvalue weighted by Gasteiger charge is 2.18. The largest absolute Gasteiger partial charge is 0.341 e. The van der Waals surface area contributed by atoms with Gasteiger partial charge in [0.05, 0.1) is 0 Å². The molecule has 0 saturated carbocycles. The minimum absolute atomic E-state index is 0.487. The fourth-order valence-electron chi connectivity index (χ4n) is 2.89. The van der Waals surface area contributed by atoms with Crippen molar-refractivity contribution in [3.05, 3.63) is 17.5 Å². The van der Waals surface area contributed by atoms with E-state index in [9.17, 15) is 0 Å². The van der Waals surface area contributed by atoms with E-state index in [0.29, 0.717) is 6.04 Å². The molecule has 0 radical (unpaired) electrons. The van der Waals surface area contributed by atoms with E-state index in [-0.39, 0.29) is 0 Å². The first kappa shape index (κ1) is 16.2. The standard InChI is InChI=1S/C17H30N4/c1-5-15-7-6-9-21(10-8-15)17-19-12-16(14(4)20-17)11-18-13(2)3/h12-13,15,18H,5-11H2,1-4H3. The summed E-state index contributed by atoms with van der Waals surface area (Å²) >= 11 is 0. The second-order valence-electron chi connectivity index (χ2n) is 6.51. The molecular weight excluding hydrogens is 260 g/mol. The number of hydrogen-bond acceptors (Lipinski definition) is 4. The Hall–Kier alpha value is -1.16. The molecule has 1 atom stereocenters. The van der Waals surface area contributed by atoms with Crippen molar-refractivity contribution in [2.75, 3.05) is 18.0 Å². The predicted octanol–water partition coefficient (Wildman–Crippen LogP) is 3.30. The Balaban J connectivity index is 2.02. The van der Waals surface area contributed by atoms with Crippen LogP contribution in [0.15, 0.2) is 6.20 Å². The van der Waals surface area contributed by atoms with E-state index < -0.39 is 0 Å². The van der Waals surface area contributed by atoms with Crippen molar-refractivity contribution in [3.63, 3.8) is 0 Å². The SMILES string of the molecule is CCC1CCCN(c2ncc(CNC(C)C)c(C)n2)CC1. The van der Waals surface area contributed by atoms with Crippen LogP contribution in [0.1, 0.15) is 57.7 Å². The second-order valence-corrected chi connectivity index (χ2v) is 6.51. The van der Waals surface area contributed by atoms with Gasteiger partial charge in [-0.2, -0.15) is 0 Å². The Morgan fingerprint density at radius 3 is 2.81 bits per heavy atom. The van der Waals surface area contributed by atoms with Crippen LogP contribution in [0.3, 0.4) is 0 Å². The molecule has 21 heavy (non-hydrogen) atoms. The molecule has 2 rings (SSSR count). The van der Waals surface area contributed by atoms with Gasteiger partial charge in [0.15, 0.2) is 0 Å². The molecule has 1 aromatic heterocycles. The number of nitrogens with zero attached hydrogens (tertiary/aromatic N) is 3. The molecule has 0 amide bonds. The van der Waals surface area contributed by atoms with Crippen LogP contribution >= 0.6 is 0 Å². The summed E-state index contributed by atoms with van der Waals surface area (Å²) in [6.45, 7) is 11.8. The van der Waals surface area contributed by atoms with Gasteiger partial charge < -0.3 is 10.2 Å². The van der Waals surface area contributed by atoms with Gasteiger partial charge in [0, 0.05) is 43.1 Å². The smallest absolute Gasteiger partial charge is 0.225 e. The Kier molecular flexibility index (Phi) is 5.97. The monoisotopic (exact) mass is 290 g/mol. The van der Waals surface area contributed by atoms with Gasteiger partial charge in [0.2, 0.25) is 5.95 Å². The van der Waals surface area contributed by atoms with E-state index in [1.54, 1.807) is 0 Å². The highest BCUT2D eigenvalue weighted by Crippen LogP contribution is 2.22. The fourth-order valence-corrected chi connectivity index (χ4v) is 2.89. The number of aryl methyl sites for hydroxylation is 1. The lowest BCUT2D eigenvalue weighted by molar-refractivity contribution is 0.459. The third kappa shape index (κ3) is 4.67. The Labute approximate surface area is 129 Å². The molecule has 1 unspecified atom stereocenters. The van der Waals surface area contributed by atoms with E-state index in [1.807, 2.05) is 6.20 Å². The molecule has 1 N–H and O–H groups in total. The Bertz CT molecular complexity index is 444. The summed E-state index contributed by atoms with van der Waals surface area (Å²) in [5.41, 5.74) is 2.30. The minimum Gasteiger partial charge on any atom is -0.341 e. The molecule has 0 bridgehead atoms. The average Bonchev–Trinajstić information content (AvgIpc) is 2.71. The third-order valence-corrected chi connectivity index (χ3v) is 4.48. The summed E-state index contributed by atoms with van der Waals surface area (Å²) in [6, 6.07) is 0.487. The zero-order valence-corrected chi connectivity index (χ0v) is 14.0. The van der Waals surface area contributed by atoms with Crippen LogP contribution in [0.25, 0.3) is 0 Å². The molecule has 118 valence electrons. The van der Waals surface area contributed by atoms with Crippen LogP contribution in [-0.2, 0) is 6.54 Å². The van der Waals surface area contributed by atoms with Crippen LogP contribution in [-0.4, -0.2) is 29.1 Å². The van der Waals surface area contributed by atoms with Gasteiger partial charge in [0.1, 0.15) is 0 Å². The van der Waals surface area contributed by atoms with Gasteiger partial charge in [-0.25, -0.2) is 9.97 Å². The molecule has 4 nitrogen and oxygen atoms in total. The van der Waals surface area contributed by atoms with E-state index >= 15 is 0 Å². The van der Waals surface area contributed by atoms with Gasteiger partial charge in [0.25, 0.3) is 0 Å². The van der Waals surface area contributed by atoms with Crippen molar-refractivity contribution >= 4 is 5.95 Å². The molecule has 0 aromatic carbocycles. The van der Waals surface area contributed by atoms with Crippen molar-refractivity contribution in [2.45, 2.75) is 66.0 Å². The highest BCUT2D eigenvalue weighted by molar-refractivity contribution is 5.33. The minimum atomic E-state index is 0.487. The zero-order chi connectivity index (χ0) is 15.2. The van der Waals surface area contributed by atoms with Crippen molar-refractivity contribution in [1.29, 1.82) is 0 Å². The molecule has 1 aliphatic rings. The lowest BCUT2D eigenvalue weighted by Crippen LogP contribution is -2.27. The van der Waals surface area contributed by atoms with Gasteiger partial charge in [-0.15, -0.1) is 0 Å². The predicted molar refractivity (Wildman–Crippen MR) is 88.6 cm³/mol. The molecule has 0 spiro atoms. The summed E-state index contributed by atoms with van der Waals surface area (Å²) in [6.07, 6.45) is 7.18. The van der Waals surface area contributed by atoms with E-state index in [4.69, 9.17) is 4.98 Å². The number of nitrogens with one attached hydrogen (secondary N) is 1. The van der Waals surface area contributed by atoms with Gasteiger partial charge in [-0.3, -0.25) is 0 Å². The molecule has 0 aliphatic carbocycles. The van der Waals surface area contributed by atoms with Crippen molar-refractivity contribution in [1.82, 2.24) is 15.3 Å². The number of rotatable bonds is 5. The molecule has 1 saturated heterocycles. The molecule has 1 aliphatic heterocycles. The first-order valence-corrected chi connectivity index (χ1v) is 8.41. The quantitative estimate of drug-likeness (QED) is 0.903. The fraction of sp³-hybridized carbons (Fsp3) is 0.765. The summed E-state index contributed by atoms with van der Waals surface area (Å²) in [7, 11) is 0. The van der Waals surface area contributed by atoms with Crippen molar-refractivity contribution in [2.24, 2.45) is 5.92 Å². The highest BCUT2D eigenvalue weighted by atomic mass is 15.2. The van der Waals surface area contributed by atoms with E-state index in [1.165, 1.54) is 31.2 Å². The van der Waals surface area contributed by atoms with Crippen LogP contribution in [0.2, 0.25) is 0 Å². The molecule has 4 heteroatoms. The van der Waals surface area contributed by atoms with E-state index in [2.05, 4.69) is 42.9 Å². The lowest BCUT2D eigenvalue weighted by atomic mass is 9.98. The van der Waals surface area contributed by atoms with Gasteiger partial charge >= 0.3 is 0 Å². The van der Waals surface area contributed by atoms with Crippen LogP contribution in [0.4, 0.5) is 5.95 Å². The summed E-state index contributed by atoms with van der Waals surface area (Å²) < 4.78 is 0. The first-order valence-electron chi connectivity index (χ1n) is 8.41. The normalized spacial score (nSPS) is 19.9. The van der Waals surface area contributed by atoms with Crippen LogP contribution in [0.5, 0.6) is 0 Å². The Morgan fingerprint density at radius 1 is 1.33 bits per heavy atom. The maximum absolute atomic E-state index is 4.74. The average molecular weight is 290 g/mol. The third-order valence-electron chi connectivity index (χ3n) is 4.48. The zero-order valence-electron chi connectivity index (χ0n) is 14.0. The van der Waals surface area contributed by atoms with Crippen molar-refractivity contribution in [3.8, 4) is 0 Å². The van der Waals surface area contributed by atoms with Crippen LogP contribution in [0, 0.1) is 12.8 Å². The summed E-state index contributed by atoms with van der Waals surface area (Å²) in [4.78, 5) is 11.7. The molecule has 1 fully saturated rings. The van der Waals surface area contributed by atoms with E-state index in [0.717, 1.165) is 37.2 Å². The lowest BCUT2D eigenvalue weighted by Gasteiger charge is -2.21. The van der Waals surface area contributed by atoms with Gasteiger partial charge in [-0.1, -0.05) is 27.2 Å². The maximum atomic E-state index is 4.74. The van der Waals surface area contributed by atoms with Crippen LogP contribution < -0.4 is 10.2 Å². The maximum Gasteiger partial charge on any atom is 0.225 e. The number of anilines is 1. The second kappa shape index (κ2) is 7.74. The van der Waals surface area contributed by atoms with Crippen molar-refractivity contribution < 1.29 is 0 Å². The Morgan fingerprint density at radius 2 is 2.14 bits per heavy atom. The molecular formula is C17H30N4. The topological polar surface area (TPSA) is 41.1 Å². The molecule has 2 heterocycles. The van der Waals surface area contributed by atoms with Gasteiger partial charge in [-0.05, 0) is 32.1 Å². The number of aromatic nitrogens is 2. The molecule has 1 aromatic rings. The summed E-state index contributed by atoms with van der Waals surface area (Å²) in [5.74, 6) is 1.79.